The van der Waals surface area contributed by atoms with Gasteiger partial charge in [-0.3, -0.25) is 0 Å². The van der Waals surface area contributed by atoms with Crippen LogP contribution in [0.5, 0.6) is 0 Å². The van der Waals surface area contributed by atoms with Gasteiger partial charge in [0, 0.05) is 0 Å². The lowest BCUT2D eigenvalue weighted by atomic mass is 10.1. The third kappa shape index (κ3) is 3.17. The van der Waals surface area contributed by atoms with E-state index in [2.05, 4.69) is 4.74 Å². The fraction of sp³-hybridized carbons (Fsp3) is 0.167. The SMILES string of the molecule is COC(=O)N1C(C(F)(F)F)C=C(c2ccccc2)N1c1ccccc1. The van der Waals surface area contributed by atoms with Crippen LogP contribution in [0.15, 0.2) is 66.7 Å². The Morgan fingerprint density at radius 3 is 2.08 bits per heavy atom. The van der Waals surface area contributed by atoms with Gasteiger partial charge in [-0.25, -0.2) is 9.80 Å². The Balaban J connectivity index is 2.17. The summed E-state index contributed by atoms with van der Waals surface area (Å²) in [5.41, 5.74) is 1.25. The van der Waals surface area contributed by atoms with E-state index >= 15 is 0 Å². The summed E-state index contributed by atoms with van der Waals surface area (Å²) < 4.78 is 45.3. The van der Waals surface area contributed by atoms with Crippen LogP contribution < -0.4 is 5.01 Å². The number of ether oxygens (including phenoxy) is 1. The molecule has 0 radical (unpaired) electrons. The molecule has 0 saturated heterocycles. The summed E-state index contributed by atoms with van der Waals surface area (Å²) in [5, 5.41) is 1.82. The van der Waals surface area contributed by atoms with Crippen molar-refractivity contribution in [1.29, 1.82) is 0 Å². The summed E-state index contributed by atoms with van der Waals surface area (Å²) in [4.78, 5) is 12.2. The van der Waals surface area contributed by atoms with Crippen LogP contribution in [0.4, 0.5) is 23.7 Å². The first-order valence-electron chi connectivity index (χ1n) is 7.49. The predicted octanol–water partition coefficient (Wildman–Crippen LogP) is 4.46. The Kier molecular flexibility index (Phi) is 4.39. The number of rotatable bonds is 2. The monoisotopic (exact) mass is 348 g/mol. The van der Waals surface area contributed by atoms with Gasteiger partial charge in [0.2, 0.25) is 0 Å². The third-order valence-corrected chi connectivity index (χ3v) is 3.79. The smallest absolute Gasteiger partial charge is 0.429 e. The number of carbonyl (C=O) groups excluding carboxylic acids is 1. The van der Waals surface area contributed by atoms with Crippen LogP contribution in [0.1, 0.15) is 5.56 Å². The number of para-hydroxylation sites is 1. The van der Waals surface area contributed by atoms with Gasteiger partial charge >= 0.3 is 12.3 Å². The summed E-state index contributed by atoms with van der Waals surface area (Å²) in [6.07, 6.45) is -4.70. The molecule has 1 heterocycles. The third-order valence-electron chi connectivity index (χ3n) is 3.79. The average Bonchev–Trinajstić information content (AvgIpc) is 3.03. The van der Waals surface area contributed by atoms with E-state index in [0.717, 1.165) is 13.2 Å². The summed E-state index contributed by atoms with van der Waals surface area (Å²) in [6.45, 7) is 0. The van der Waals surface area contributed by atoms with Gasteiger partial charge in [0.15, 0.2) is 6.04 Å². The van der Waals surface area contributed by atoms with E-state index in [-0.39, 0.29) is 5.70 Å². The van der Waals surface area contributed by atoms with Crippen LogP contribution in [0.25, 0.3) is 5.70 Å². The van der Waals surface area contributed by atoms with Crippen molar-refractivity contribution in [3.8, 4) is 0 Å². The molecule has 1 atom stereocenters. The quantitative estimate of drug-likeness (QED) is 0.803. The Bertz CT molecular complexity index is 776. The summed E-state index contributed by atoms with van der Waals surface area (Å²) in [6, 6.07) is 14.9. The lowest BCUT2D eigenvalue weighted by molar-refractivity contribution is -0.163. The van der Waals surface area contributed by atoms with E-state index in [1.54, 1.807) is 60.7 Å². The first kappa shape index (κ1) is 16.9. The Morgan fingerprint density at radius 2 is 1.56 bits per heavy atom. The zero-order chi connectivity index (χ0) is 18.0. The van der Waals surface area contributed by atoms with Crippen LogP contribution in [0.2, 0.25) is 0 Å². The van der Waals surface area contributed by atoms with Gasteiger partial charge in [-0.05, 0) is 23.8 Å². The van der Waals surface area contributed by atoms with Gasteiger partial charge in [0.05, 0.1) is 18.5 Å². The summed E-state index contributed by atoms with van der Waals surface area (Å²) in [7, 11) is 1.06. The lowest BCUT2D eigenvalue weighted by Crippen LogP contribution is -2.51. The Morgan fingerprint density at radius 1 is 1.00 bits per heavy atom. The van der Waals surface area contributed by atoms with E-state index in [9.17, 15) is 18.0 Å². The number of carbonyl (C=O) groups is 1. The minimum atomic E-state index is -4.64. The molecule has 1 unspecified atom stereocenters. The Hall–Kier alpha value is -2.96. The van der Waals surface area contributed by atoms with E-state index in [1.807, 2.05) is 0 Å². The molecule has 1 aliphatic rings. The van der Waals surface area contributed by atoms with Gasteiger partial charge in [-0.2, -0.15) is 18.2 Å². The minimum Gasteiger partial charge on any atom is -0.451 e. The largest absolute Gasteiger partial charge is 0.451 e. The summed E-state index contributed by atoms with van der Waals surface area (Å²) in [5.74, 6) is 0. The average molecular weight is 348 g/mol. The topological polar surface area (TPSA) is 32.8 Å². The molecule has 2 aromatic rings. The van der Waals surface area contributed by atoms with Crippen molar-refractivity contribution >= 4 is 17.5 Å². The number of hydrogen-bond acceptors (Lipinski definition) is 3. The zero-order valence-electron chi connectivity index (χ0n) is 13.3. The molecular weight excluding hydrogens is 333 g/mol. The molecule has 0 fully saturated rings. The first-order valence-corrected chi connectivity index (χ1v) is 7.49. The number of anilines is 1. The van der Waals surface area contributed by atoms with Gasteiger partial charge in [-0.1, -0.05) is 48.5 Å². The number of hydrazine groups is 1. The van der Waals surface area contributed by atoms with Crippen LogP contribution in [0.3, 0.4) is 0 Å². The maximum Gasteiger partial charge on any atom is 0.429 e. The molecule has 0 saturated carbocycles. The molecule has 0 N–H and O–H groups in total. The van der Waals surface area contributed by atoms with Crippen LogP contribution in [0, 0.1) is 0 Å². The highest BCUT2D eigenvalue weighted by Crippen LogP contribution is 2.40. The first-order chi connectivity index (χ1) is 11.9. The van der Waals surface area contributed by atoms with Crippen LogP contribution >= 0.6 is 0 Å². The van der Waals surface area contributed by atoms with E-state index in [4.69, 9.17) is 0 Å². The molecule has 0 bridgehead atoms. The van der Waals surface area contributed by atoms with Crippen molar-refractivity contribution < 1.29 is 22.7 Å². The molecule has 3 rings (SSSR count). The molecule has 0 spiro atoms. The number of benzene rings is 2. The molecule has 130 valence electrons. The number of hydrogen-bond donors (Lipinski definition) is 0. The Labute approximate surface area is 142 Å². The van der Waals surface area contributed by atoms with Crippen molar-refractivity contribution in [2.75, 3.05) is 12.1 Å². The van der Waals surface area contributed by atoms with E-state index < -0.39 is 18.3 Å². The number of methoxy groups -OCH3 is 1. The van der Waals surface area contributed by atoms with Crippen molar-refractivity contribution in [2.45, 2.75) is 12.2 Å². The number of amides is 1. The molecule has 25 heavy (non-hydrogen) atoms. The fourth-order valence-corrected chi connectivity index (χ4v) is 2.71. The highest BCUT2D eigenvalue weighted by Gasteiger charge is 2.52. The molecule has 0 aliphatic carbocycles. The number of halogens is 3. The van der Waals surface area contributed by atoms with Crippen molar-refractivity contribution in [3.05, 3.63) is 72.3 Å². The van der Waals surface area contributed by atoms with Gasteiger partial charge in [-0.15, -0.1) is 0 Å². The normalized spacial score (nSPS) is 17.4. The molecule has 7 heteroatoms. The van der Waals surface area contributed by atoms with Crippen LogP contribution in [-0.2, 0) is 4.74 Å². The van der Waals surface area contributed by atoms with Crippen molar-refractivity contribution in [1.82, 2.24) is 5.01 Å². The molecule has 1 amide bonds. The molecule has 4 nitrogen and oxygen atoms in total. The van der Waals surface area contributed by atoms with E-state index in [0.29, 0.717) is 16.3 Å². The van der Waals surface area contributed by atoms with Crippen molar-refractivity contribution in [2.24, 2.45) is 0 Å². The minimum absolute atomic E-state index is 0.263. The van der Waals surface area contributed by atoms with E-state index in [1.165, 1.54) is 5.01 Å². The zero-order valence-corrected chi connectivity index (χ0v) is 13.3. The lowest BCUT2D eigenvalue weighted by Gasteiger charge is -2.34. The van der Waals surface area contributed by atoms with Crippen molar-refractivity contribution in [3.63, 3.8) is 0 Å². The second-order valence-corrected chi connectivity index (χ2v) is 5.37. The van der Waals surface area contributed by atoms with Gasteiger partial charge in [0.25, 0.3) is 0 Å². The second-order valence-electron chi connectivity index (χ2n) is 5.37. The molecule has 1 aliphatic heterocycles. The molecule has 0 aromatic heterocycles. The molecule has 2 aromatic carbocycles. The second kappa shape index (κ2) is 6.51. The maximum absolute atomic E-state index is 13.6. The van der Waals surface area contributed by atoms with Crippen LogP contribution in [-0.4, -0.2) is 30.4 Å². The predicted molar refractivity (Wildman–Crippen MR) is 87.4 cm³/mol. The highest BCUT2D eigenvalue weighted by molar-refractivity contribution is 5.87. The fourth-order valence-electron chi connectivity index (χ4n) is 2.71. The number of nitrogens with zero attached hydrogens (tertiary/aromatic N) is 2. The standard InChI is InChI=1S/C18H15F3N2O2/c1-25-17(24)23-16(18(19,20)21)12-15(13-8-4-2-5-9-13)22(23)14-10-6-3-7-11-14/h2-12,16H,1H3. The molecular formula is C18H15F3N2O2. The number of alkyl halides is 3. The van der Waals surface area contributed by atoms with Gasteiger partial charge < -0.3 is 4.74 Å². The summed E-state index contributed by atoms with van der Waals surface area (Å²) >= 11 is 0. The maximum atomic E-state index is 13.6. The highest BCUT2D eigenvalue weighted by atomic mass is 19.4. The van der Waals surface area contributed by atoms with Gasteiger partial charge in [0.1, 0.15) is 0 Å².